The second-order valence-corrected chi connectivity index (χ2v) is 7.42. The summed E-state index contributed by atoms with van der Waals surface area (Å²) in [6.07, 6.45) is 2.92. The highest BCUT2D eigenvalue weighted by Crippen LogP contribution is 2.24. The number of amides is 2. The summed E-state index contributed by atoms with van der Waals surface area (Å²) >= 11 is 3.39. The van der Waals surface area contributed by atoms with Crippen molar-refractivity contribution in [1.29, 1.82) is 0 Å². The van der Waals surface area contributed by atoms with Crippen LogP contribution >= 0.6 is 15.9 Å². The summed E-state index contributed by atoms with van der Waals surface area (Å²) in [4.78, 5) is 12.1. The Hall–Kier alpha value is -1.99. The van der Waals surface area contributed by atoms with E-state index in [-0.39, 0.29) is 30.3 Å². The number of halogens is 3. The van der Waals surface area contributed by atoms with Crippen molar-refractivity contribution < 1.29 is 18.3 Å². The Labute approximate surface area is 165 Å². The zero-order valence-electron chi connectivity index (χ0n) is 14.7. The van der Waals surface area contributed by atoms with Crippen molar-refractivity contribution in [2.45, 2.75) is 44.4 Å². The first kappa shape index (κ1) is 19.8. The minimum absolute atomic E-state index is 0.0365. The molecule has 0 saturated heterocycles. The standard InChI is InChI=1S/C20H21BrF2N2O2/c21-16-4-1-2-7-19(16)25-20(26)24-13-8-10-14(11-9-13)27-12-15-17(22)5-3-6-18(15)23/h1-7,13-14H,8-12H2,(H2,24,25,26)/t13-,14-. The van der Waals surface area contributed by atoms with Crippen LogP contribution in [0.25, 0.3) is 0 Å². The number of ether oxygens (including phenoxy) is 1. The van der Waals surface area contributed by atoms with Crippen LogP contribution in [0.2, 0.25) is 0 Å². The molecule has 0 bridgehead atoms. The number of carbonyl (C=O) groups excluding carboxylic acids is 1. The minimum Gasteiger partial charge on any atom is -0.373 e. The van der Waals surface area contributed by atoms with E-state index in [4.69, 9.17) is 4.74 Å². The van der Waals surface area contributed by atoms with E-state index in [0.717, 1.165) is 30.2 Å². The molecule has 4 nitrogen and oxygen atoms in total. The van der Waals surface area contributed by atoms with Gasteiger partial charge in [-0.05, 0) is 65.9 Å². The number of rotatable bonds is 5. The maximum atomic E-state index is 13.6. The number of hydrogen-bond donors (Lipinski definition) is 2. The number of hydrogen-bond acceptors (Lipinski definition) is 2. The summed E-state index contributed by atoms with van der Waals surface area (Å²) in [6.45, 7) is -0.0796. The van der Waals surface area contributed by atoms with E-state index in [9.17, 15) is 13.6 Å². The summed E-state index contributed by atoms with van der Waals surface area (Å²) in [5.41, 5.74) is 0.671. The molecule has 1 aliphatic rings. The number of para-hydroxylation sites is 1. The molecule has 2 aromatic rings. The third kappa shape index (κ3) is 5.49. The van der Waals surface area contributed by atoms with Crippen LogP contribution in [0.3, 0.4) is 0 Å². The molecular weight excluding hydrogens is 418 g/mol. The van der Waals surface area contributed by atoms with Crippen LogP contribution in [-0.4, -0.2) is 18.2 Å². The van der Waals surface area contributed by atoms with E-state index in [1.165, 1.54) is 18.2 Å². The molecule has 144 valence electrons. The summed E-state index contributed by atoms with van der Waals surface area (Å²) in [5.74, 6) is -1.18. The Bertz CT molecular complexity index is 775. The highest BCUT2D eigenvalue weighted by Gasteiger charge is 2.23. The van der Waals surface area contributed by atoms with Crippen molar-refractivity contribution >= 4 is 27.6 Å². The predicted octanol–water partition coefficient (Wildman–Crippen LogP) is 5.38. The van der Waals surface area contributed by atoms with E-state index >= 15 is 0 Å². The van der Waals surface area contributed by atoms with Crippen molar-refractivity contribution in [2.75, 3.05) is 5.32 Å². The van der Waals surface area contributed by atoms with Crippen molar-refractivity contribution in [3.05, 3.63) is 64.1 Å². The number of benzene rings is 2. The monoisotopic (exact) mass is 438 g/mol. The van der Waals surface area contributed by atoms with E-state index in [0.29, 0.717) is 5.69 Å². The molecule has 0 atom stereocenters. The van der Waals surface area contributed by atoms with Gasteiger partial charge < -0.3 is 15.4 Å². The molecule has 1 fully saturated rings. The van der Waals surface area contributed by atoms with Gasteiger partial charge in [-0.2, -0.15) is 0 Å². The summed E-state index contributed by atoms with van der Waals surface area (Å²) in [7, 11) is 0. The normalized spacial score (nSPS) is 19.5. The Morgan fingerprint density at radius 2 is 1.70 bits per heavy atom. The van der Waals surface area contributed by atoms with Crippen molar-refractivity contribution in [3.8, 4) is 0 Å². The average molecular weight is 439 g/mol. The molecule has 2 N–H and O–H groups in total. The fraction of sp³-hybridized carbons (Fsp3) is 0.350. The van der Waals surface area contributed by atoms with E-state index < -0.39 is 11.6 Å². The Morgan fingerprint density at radius 1 is 1.04 bits per heavy atom. The second-order valence-electron chi connectivity index (χ2n) is 6.56. The topological polar surface area (TPSA) is 50.4 Å². The fourth-order valence-electron chi connectivity index (χ4n) is 3.15. The average Bonchev–Trinajstić information content (AvgIpc) is 2.64. The first-order valence-electron chi connectivity index (χ1n) is 8.89. The molecular formula is C20H21BrF2N2O2. The Morgan fingerprint density at radius 3 is 2.37 bits per heavy atom. The molecule has 0 unspecified atom stereocenters. The molecule has 0 radical (unpaired) electrons. The lowest BCUT2D eigenvalue weighted by atomic mass is 9.93. The molecule has 0 heterocycles. The quantitative estimate of drug-likeness (QED) is 0.658. The maximum absolute atomic E-state index is 13.6. The smallest absolute Gasteiger partial charge is 0.319 e. The largest absolute Gasteiger partial charge is 0.373 e. The van der Waals surface area contributed by atoms with Crippen LogP contribution in [0.4, 0.5) is 19.3 Å². The Kier molecular flexibility index (Phi) is 6.79. The highest BCUT2D eigenvalue weighted by atomic mass is 79.9. The van der Waals surface area contributed by atoms with Crippen molar-refractivity contribution in [1.82, 2.24) is 5.32 Å². The van der Waals surface area contributed by atoms with Gasteiger partial charge in [0.25, 0.3) is 0 Å². The van der Waals surface area contributed by atoms with Crippen molar-refractivity contribution in [3.63, 3.8) is 0 Å². The fourth-order valence-corrected chi connectivity index (χ4v) is 3.54. The molecule has 0 spiro atoms. The van der Waals surface area contributed by atoms with Crippen molar-refractivity contribution in [2.24, 2.45) is 0 Å². The molecule has 2 aromatic carbocycles. The molecule has 7 heteroatoms. The van der Waals surface area contributed by atoms with Gasteiger partial charge in [-0.15, -0.1) is 0 Å². The van der Waals surface area contributed by atoms with Gasteiger partial charge in [0, 0.05) is 16.1 Å². The molecule has 0 aromatic heterocycles. The minimum atomic E-state index is -0.589. The zero-order chi connectivity index (χ0) is 19.2. The van der Waals surface area contributed by atoms with Crippen LogP contribution in [-0.2, 0) is 11.3 Å². The van der Waals surface area contributed by atoms with E-state index in [1.54, 1.807) is 0 Å². The van der Waals surface area contributed by atoms with Crippen LogP contribution in [0.1, 0.15) is 31.2 Å². The summed E-state index contributed by atoms with van der Waals surface area (Å²) in [6, 6.07) is 11.0. The third-order valence-electron chi connectivity index (χ3n) is 4.66. The number of anilines is 1. The first-order valence-corrected chi connectivity index (χ1v) is 9.69. The van der Waals surface area contributed by atoms with Gasteiger partial charge in [-0.25, -0.2) is 13.6 Å². The lowest BCUT2D eigenvalue weighted by molar-refractivity contribution is 0.00964. The SMILES string of the molecule is O=C(Nc1ccccc1Br)N[C@H]1CC[C@H](OCc2c(F)cccc2F)CC1. The second kappa shape index (κ2) is 9.28. The van der Waals surface area contributed by atoms with Gasteiger partial charge in [0.1, 0.15) is 11.6 Å². The third-order valence-corrected chi connectivity index (χ3v) is 5.35. The molecule has 1 saturated carbocycles. The van der Waals surface area contributed by atoms with Crippen LogP contribution < -0.4 is 10.6 Å². The predicted molar refractivity (Wildman–Crippen MR) is 103 cm³/mol. The van der Waals surface area contributed by atoms with Gasteiger partial charge in [-0.3, -0.25) is 0 Å². The van der Waals surface area contributed by atoms with E-state index in [2.05, 4.69) is 26.6 Å². The lowest BCUT2D eigenvalue weighted by Crippen LogP contribution is -2.41. The van der Waals surface area contributed by atoms with Gasteiger partial charge in [0.15, 0.2) is 0 Å². The first-order chi connectivity index (χ1) is 13.0. The molecule has 27 heavy (non-hydrogen) atoms. The highest BCUT2D eigenvalue weighted by molar-refractivity contribution is 9.10. The number of carbonyl (C=O) groups is 1. The lowest BCUT2D eigenvalue weighted by Gasteiger charge is -2.29. The Balaban J connectivity index is 1.42. The van der Waals surface area contributed by atoms with Crippen LogP contribution in [0.15, 0.2) is 46.9 Å². The molecule has 1 aliphatic carbocycles. The molecule has 3 rings (SSSR count). The zero-order valence-corrected chi connectivity index (χ0v) is 16.3. The number of urea groups is 1. The molecule has 2 amide bonds. The van der Waals surface area contributed by atoms with Gasteiger partial charge in [0.2, 0.25) is 0 Å². The number of nitrogens with one attached hydrogen (secondary N) is 2. The van der Waals surface area contributed by atoms with E-state index in [1.807, 2.05) is 24.3 Å². The summed E-state index contributed by atoms with van der Waals surface area (Å²) < 4.78 is 33.8. The van der Waals surface area contributed by atoms with Crippen LogP contribution in [0.5, 0.6) is 0 Å². The molecule has 0 aliphatic heterocycles. The van der Waals surface area contributed by atoms with Gasteiger partial charge in [0.05, 0.1) is 18.4 Å². The van der Waals surface area contributed by atoms with Crippen LogP contribution in [0, 0.1) is 11.6 Å². The maximum Gasteiger partial charge on any atom is 0.319 e. The van der Waals surface area contributed by atoms with Gasteiger partial charge >= 0.3 is 6.03 Å². The van der Waals surface area contributed by atoms with Gasteiger partial charge in [-0.1, -0.05) is 18.2 Å². The summed E-state index contributed by atoms with van der Waals surface area (Å²) in [5, 5.41) is 5.78.